The summed E-state index contributed by atoms with van der Waals surface area (Å²) in [7, 11) is 0. The van der Waals surface area contributed by atoms with Gasteiger partial charge in [0.1, 0.15) is 5.82 Å². The molecule has 1 N–H and O–H groups in total. The minimum absolute atomic E-state index is 0.317. The van der Waals surface area contributed by atoms with Crippen LogP contribution >= 0.6 is 0 Å². The van der Waals surface area contributed by atoms with Crippen LogP contribution in [0.2, 0.25) is 0 Å². The molecule has 0 aromatic carbocycles. The zero-order valence-electron chi connectivity index (χ0n) is 12.5. The molecule has 0 aliphatic rings. The van der Waals surface area contributed by atoms with E-state index in [2.05, 4.69) is 48.8 Å². The predicted octanol–water partition coefficient (Wildman–Crippen LogP) is 3.25. The van der Waals surface area contributed by atoms with E-state index < -0.39 is 0 Å². The monoisotopic (exact) mass is 251 g/mol. The van der Waals surface area contributed by atoms with Gasteiger partial charge in [-0.05, 0) is 37.8 Å². The highest BCUT2D eigenvalue weighted by Gasteiger charge is 2.20. The molecule has 0 amide bonds. The summed E-state index contributed by atoms with van der Waals surface area (Å²) in [6.07, 6.45) is 8.67. The van der Waals surface area contributed by atoms with Crippen molar-refractivity contribution >= 4 is 0 Å². The quantitative estimate of drug-likeness (QED) is 0.683. The molecular formula is C15H29N3. The first-order valence-corrected chi connectivity index (χ1v) is 7.30. The van der Waals surface area contributed by atoms with Gasteiger partial charge in [-0.3, -0.25) is 0 Å². The summed E-state index contributed by atoms with van der Waals surface area (Å²) in [6.45, 7) is 12.4. The molecule has 18 heavy (non-hydrogen) atoms. The van der Waals surface area contributed by atoms with Crippen LogP contribution < -0.4 is 5.32 Å². The van der Waals surface area contributed by atoms with Gasteiger partial charge in [0, 0.05) is 25.4 Å². The lowest BCUT2D eigenvalue weighted by atomic mass is 9.85. The summed E-state index contributed by atoms with van der Waals surface area (Å²) < 4.78 is 2.29. The molecule has 1 aromatic heterocycles. The van der Waals surface area contributed by atoms with Crippen LogP contribution in [0.15, 0.2) is 12.4 Å². The molecule has 1 heterocycles. The van der Waals surface area contributed by atoms with Crippen molar-refractivity contribution in [3.63, 3.8) is 0 Å². The Hall–Kier alpha value is -0.830. The Kier molecular flexibility index (Phi) is 6.41. The fourth-order valence-electron chi connectivity index (χ4n) is 2.20. The summed E-state index contributed by atoms with van der Waals surface area (Å²) in [5.74, 6) is 1.23. The average Bonchev–Trinajstić information content (AvgIpc) is 2.72. The Bertz CT molecular complexity index is 328. The smallest absolute Gasteiger partial charge is 0.109 e. The molecule has 0 unspecified atom stereocenters. The van der Waals surface area contributed by atoms with Gasteiger partial charge in [0.05, 0.1) is 0 Å². The van der Waals surface area contributed by atoms with E-state index in [0.29, 0.717) is 5.41 Å². The van der Waals surface area contributed by atoms with Gasteiger partial charge in [-0.1, -0.05) is 27.7 Å². The van der Waals surface area contributed by atoms with Crippen LogP contribution in [-0.4, -0.2) is 22.6 Å². The van der Waals surface area contributed by atoms with Gasteiger partial charge in [0.2, 0.25) is 0 Å². The summed E-state index contributed by atoms with van der Waals surface area (Å²) in [5, 5.41) is 3.48. The maximum Gasteiger partial charge on any atom is 0.109 e. The van der Waals surface area contributed by atoms with Crippen molar-refractivity contribution in [3.05, 3.63) is 18.2 Å². The number of nitrogens with one attached hydrogen (secondary N) is 1. The van der Waals surface area contributed by atoms with Gasteiger partial charge in [0.15, 0.2) is 0 Å². The molecule has 1 rings (SSSR count). The fourth-order valence-corrected chi connectivity index (χ4v) is 2.20. The summed E-state index contributed by atoms with van der Waals surface area (Å²) >= 11 is 0. The lowest BCUT2D eigenvalue weighted by molar-refractivity contribution is 0.314. The van der Waals surface area contributed by atoms with Crippen molar-refractivity contribution in [1.29, 1.82) is 0 Å². The number of imidazole rings is 1. The van der Waals surface area contributed by atoms with Crippen molar-refractivity contribution in [2.24, 2.45) is 5.41 Å². The zero-order valence-corrected chi connectivity index (χ0v) is 12.5. The topological polar surface area (TPSA) is 29.9 Å². The lowest BCUT2D eigenvalue weighted by Gasteiger charge is -2.24. The Morgan fingerprint density at radius 2 is 2.00 bits per heavy atom. The number of rotatable bonds is 9. The predicted molar refractivity (Wildman–Crippen MR) is 77.8 cm³/mol. The molecule has 0 radical (unpaired) electrons. The van der Waals surface area contributed by atoms with Crippen molar-refractivity contribution in [3.8, 4) is 0 Å². The molecule has 0 aliphatic carbocycles. The molecule has 3 heteroatoms. The average molecular weight is 251 g/mol. The Balaban J connectivity index is 2.45. The maximum absolute atomic E-state index is 4.51. The first-order valence-electron chi connectivity index (χ1n) is 7.30. The second-order valence-corrected chi connectivity index (χ2v) is 5.88. The van der Waals surface area contributed by atoms with Crippen LogP contribution in [0, 0.1) is 5.41 Å². The normalized spacial score (nSPS) is 12.0. The van der Waals surface area contributed by atoms with Crippen LogP contribution in [0.1, 0.15) is 52.8 Å². The number of aryl methyl sites for hydroxylation is 1. The molecule has 0 bridgehead atoms. The van der Waals surface area contributed by atoms with Gasteiger partial charge in [-0.25, -0.2) is 4.98 Å². The van der Waals surface area contributed by atoms with E-state index in [4.69, 9.17) is 0 Å². The van der Waals surface area contributed by atoms with E-state index in [0.717, 1.165) is 26.1 Å². The second-order valence-electron chi connectivity index (χ2n) is 5.88. The molecule has 0 fully saturated rings. The molecule has 1 aromatic rings. The molecular weight excluding hydrogens is 222 g/mol. The van der Waals surface area contributed by atoms with E-state index in [1.165, 1.54) is 25.1 Å². The molecule has 104 valence electrons. The van der Waals surface area contributed by atoms with E-state index in [1.54, 1.807) is 0 Å². The molecule has 0 spiro atoms. The minimum atomic E-state index is 0.317. The summed E-state index contributed by atoms with van der Waals surface area (Å²) in [4.78, 5) is 4.51. The standard InChI is InChI=1S/C15H29N3/c1-5-8-16-9-7-15(3,4)13-14-17-10-12-18(14)11-6-2/h10,12,16H,5-9,11,13H2,1-4H3. The Labute approximate surface area is 112 Å². The molecule has 0 atom stereocenters. The first-order chi connectivity index (χ1) is 8.59. The second kappa shape index (κ2) is 7.57. The number of nitrogens with zero attached hydrogens (tertiary/aromatic N) is 2. The highest BCUT2D eigenvalue weighted by Crippen LogP contribution is 2.24. The summed E-state index contributed by atoms with van der Waals surface area (Å²) in [6, 6.07) is 0. The van der Waals surface area contributed by atoms with Gasteiger partial charge in [0.25, 0.3) is 0 Å². The number of hydrogen-bond acceptors (Lipinski definition) is 2. The van der Waals surface area contributed by atoms with Crippen LogP contribution in [0.3, 0.4) is 0 Å². The van der Waals surface area contributed by atoms with Crippen LogP contribution in [0.5, 0.6) is 0 Å². The zero-order chi connectivity index (χ0) is 13.4. The Morgan fingerprint density at radius 3 is 2.67 bits per heavy atom. The van der Waals surface area contributed by atoms with E-state index in [9.17, 15) is 0 Å². The molecule has 0 saturated heterocycles. The largest absolute Gasteiger partial charge is 0.335 e. The van der Waals surface area contributed by atoms with E-state index >= 15 is 0 Å². The Morgan fingerprint density at radius 1 is 1.22 bits per heavy atom. The van der Waals surface area contributed by atoms with Crippen molar-refractivity contribution in [2.45, 2.75) is 59.9 Å². The van der Waals surface area contributed by atoms with Crippen molar-refractivity contribution in [2.75, 3.05) is 13.1 Å². The third-order valence-corrected chi connectivity index (χ3v) is 3.31. The van der Waals surface area contributed by atoms with E-state index in [-0.39, 0.29) is 0 Å². The third kappa shape index (κ3) is 5.21. The lowest BCUT2D eigenvalue weighted by Crippen LogP contribution is -2.25. The van der Waals surface area contributed by atoms with Crippen molar-refractivity contribution < 1.29 is 0 Å². The molecule has 0 aliphatic heterocycles. The van der Waals surface area contributed by atoms with Crippen LogP contribution in [-0.2, 0) is 13.0 Å². The fraction of sp³-hybridized carbons (Fsp3) is 0.800. The number of aromatic nitrogens is 2. The SMILES string of the molecule is CCCNCCC(C)(C)Cc1nccn1CCC. The highest BCUT2D eigenvalue weighted by atomic mass is 15.1. The van der Waals surface area contributed by atoms with E-state index in [1.807, 2.05) is 6.20 Å². The van der Waals surface area contributed by atoms with Gasteiger partial charge < -0.3 is 9.88 Å². The van der Waals surface area contributed by atoms with Gasteiger partial charge in [-0.15, -0.1) is 0 Å². The highest BCUT2D eigenvalue weighted by molar-refractivity contribution is 4.96. The summed E-state index contributed by atoms with van der Waals surface area (Å²) in [5.41, 5.74) is 0.317. The molecule has 3 nitrogen and oxygen atoms in total. The van der Waals surface area contributed by atoms with Gasteiger partial charge >= 0.3 is 0 Å². The van der Waals surface area contributed by atoms with Crippen LogP contribution in [0.25, 0.3) is 0 Å². The molecule has 0 saturated carbocycles. The minimum Gasteiger partial charge on any atom is -0.335 e. The van der Waals surface area contributed by atoms with Gasteiger partial charge in [-0.2, -0.15) is 0 Å². The third-order valence-electron chi connectivity index (χ3n) is 3.31. The maximum atomic E-state index is 4.51. The van der Waals surface area contributed by atoms with Crippen molar-refractivity contribution in [1.82, 2.24) is 14.9 Å². The number of hydrogen-bond donors (Lipinski definition) is 1. The first kappa shape index (κ1) is 15.2. The van der Waals surface area contributed by atoms with Crippen LogP contribution in [0.4, 0.5) is 0 Å².